The summed E-state index contributed by atoms with van der Waals surface area (Å²) in [6, 6.07) is 0. The Morgan fingerprint density at radius 2 is 2.29 bits per heavy atom. The monoisotopic (exact) mass is 231 g/mol. The minimum absolute atomic E-state index is 0.121. The topological polar surface area (TPSA) is 62.1 Å². The number of hydrogen-bond donors (Lipinski definition) is 0. The molecule has 5 heteroatoms. The van der Waals surface area contributed by atoms with E-state index in [0.29, 0.717) is 5.84 Å². The predicted molar refractivity (Wildman–Crippen MR) is 62.6 cm³/mol. The Morgan fingerprint density at radius 3 is 3.00 bits per heavy atom. The fourth-order valence-electron chi connectivity index (χ4n) is 2.88. The van der Waals surface area contributed by atoms with E-state index >= 15 is 0 Å². The van der Waals surface area contributed by atoms with Crippen molar-refractivity contribution in [2.45, 2.75) is 20.3 Å². The molecular weight excluding hydrogens is 218 g/mol. The quantitative estimate of drug-likeness (QED) is 0.626. The third-order valence-corrected chi connectivity index (χ3v) is 3.58. The zero-order valence-corrected chi connectivity index (χ0v) is 9.80. The zero-order chi connectivity index (χ0) is 12.2. The summed E-state index contributed by atoms with van der Waals surface area (Å²) in [6.07, 6.45) is 3.43. The van der Waals surface area contributed by atoms with Crippen molar-refractivity contribution in [3.05, 3.63) is 11.1 Å². The van der Waals surface area contributed by atoms with Gasteiger partial charge in [-0.05, 0) is 17.4 Å². The van der Waals surface area contributed by atoms with Crippen LogP contribution in [0.5, 0.6) is 0 Å². The second kappa shape index (κ2) is 3.12. The van der Waals surface area contributed by atoms with Crippen molar-refractivity contribution in [3.8, 4) is 0 Å². The van der Waals surface area contributed by atoms with Crippen LogP contribution in [0.2, 0.25) is 0 Å². The minimum atomic E-state index is -0.170. The molecule has 88 valence electrons. The van der Waals surface area contributed by atoms with E-state index in [9.17, 15) is 9.59 Å². The first-order valence-electron chi connectivity index (χ1n) is 5.66. The summed E-state index contributed by atoms with van der Waals surface area (Å²) in [4.78, 5) is 26.5. The molecular formula is C12H13N3O2. The van der Waals surface area contributed by atoms with Crippen molar-refractivity contribution in [2.24, 2.45) is 21.4 Å². The second-order valence-electron chi connectivity index (χ2n) is 5.29. The van der Waals surface area contributed by atoms with E-state index in [1.807, 2.05) is 0 Å². The Labute approximate surface area is 98.9 Å². The van der Waals surface area contributed by atoms with Crippen LogP contribution in [0.1, 0.15) is 20.3 Å². The maximum Gasteiger partial charge on any atom is 0.269 e. The number of rotatable bonds is 1. The molecule has 3 aliphatic rings. The summed E-state index contributed by atoms with van der Waals surface area (Å²) < 4.78 is 0. The average Bonchev–Trinajstić information content (AvgIpc) is 2.75. The number of hydrazone groups is 1. The van der Waals surface area contributed by atoms with Crippen LogP contribution >= 0.6 is 0 Å². The Hall–Kier alpha value is -1.78. The molecule has 0 bridgehead atoms. The predicted octanol–water partition coefficient (Wildman–Crippen LogP) is 0.768. The van der Waals surface area contributed by atoms with Gasteiger partial charge in [0.25, 0.3) is 5.91 Å². The molecule has 0 aromatic carbocycles. The normalized spacial score (nSPS) is 29.3. The Kier molecular flexibility index (Phi) is 1.91. The maximum atomic E-state index is 11.4. The number of aldehydes is 1. The minimum Gasteiger partial charge on any atom is -0.303 e. The second-order valence-corrected chi connectivity index (χ2v) is 5.29. The first kappa shape index (κ1) is 10.4. The SMILES string of the molecule is CC1(C)CC(C=O)C2=C1C1=NC(=O)CN1N=C2. The number of fused-ring (bicyclic) bond motifs is 2. The summed E-state index contributed by atoms with van der Waals surface area (Å²) in [6.45, 7) is 4.37. The molecule has 3 rings (SSSR count). The van der Waals surface area contributed by atoms with E-state index in [-0.39, 0.29) is 23.8 Å². The van der Waals surface area contributed by atoms with Crippen molar-refractivity contribution in [3.63, 3.8) is 0 Å². The summed E-state index contributed by atoms with van der Waals surface area (Å²) >= 11 is 0. The Bertz CT molecular complexity index is 514. The molecule has 0 N–H and O–H groups in total. The van der Waals surface area contributed by atoms with Gasteiger partial charge in [-0.2, -0.15) is 10.1 Å². The molecule has 2 aliphatic heterocycles. The number of amidine groups is 1. The summed E-state index contributed by atoms with van der Waals surface area (Å²) in [5, 5.41) is 5.81. The molecule has 0 saturated carbocycles. The molecule has 0 fully saturated rings. The molecule has 1 atom stereocenters. The van der Waals surface area contributed by atoms with E-state index in [4.69, 9.17) is 0 Å². The highest BCUT2D eigenvalue weighted by molar-refractivity contribution is 6.16. The van der Waals surface area contributed by atoms with Crippen LogP contribution in [0.4, 0.5) is 0 Å². The van der Waals surface area contributed by atoms with Gasteiger partial charge in [0.1, 0.15) is 12.8 Å². The lowest BCUT2D eigenvalue weighted by Gasteiger charge is -2.27. The molecule has 2 heterocycles. The van der Waals surface area contributed by atoms with Gasteiger partial charge in [0.15, 0.2) is 5.84 Å². The van der Waals surface area contributed by atoms with Gasteiger partial charge in [0.05, 0.1) is 6.21 Å². The summed E-state index contributed by atoms with van der Waals surface area (Å²) in [5.74, 6) is 0.349. The van der Waals surface area contributed by atoms with Gasteiger partial charge in [-0.1, -0.05) is 13.8 Å². The Morgan fingerprint density at radius 1 is 1.53 bits per heavy atom. The maximum absolute atomic E-state index is 11.4. The van der Waals surface area contributed by atoms with E-state index in [1.165, 1.54) is 0 Å². The number of nitrogens with zero attached hydrogens (tertiary/aromatic N) is 3. The van der Waals surface area contributed by atoms with Crippen molar-refractivity contribution >= 4 is 24.2 Å². The number of carbonyl (C=O) groups is 2. The first-order chi connectivity index (χ1) is 8.03. The van der Waals surface area contributed by atoms with Gasteiger partial charge >= 0.3 is 0 Å². The smallest absolute Gasteiger partial charge is 0.269 e. The molecule has 1 aliphatic carbocycles. The highest BCUT2D eigenvalue weighted by Gasteiger charge is 2.45. The van der Waals surface area contributed by atoms with Gasteiger partial charge in [-0.25, -0.2) is 5.01 Å². The van der Waals surface area contributed by atoms with Gasteiger partial charge in [-0.3, -0.25) is 4.79 Å². The van der Waals surface area contributed by atoms with Crippen molar-refractivity contribution < 1.29 is 9.59 Å². The molecule has 0 aromatic rings. The molecule has 1 amide bonds. The van der Waals surface area contributed by atoms with E-state index in [2.05, 4.69) is 23.9 Å². The number of carbonyl (C=O) groups excluding carboxylic acids is 2. The van der Waals surface area contributed by atoms with Crippen molar-refractivity contribution in [1.82, 2.24) is 5.01 Å². The molecule has 17 heavy (non-hydrogen) atoms. The van der Waals surface area contributed by atoms with E-state index in [1.54, 1.807) is 11.2 Å². The lowest BCUT2D eigenvalue weighted by molar-refractivity contribution is -0.117. The lowest BCUT2D eigenvalue weighted by atomic mass is 9.83. The third kappa shape index (κ3) is 1.31. The van der Waals surface area contributed by atoms with Crippen LogP contribution in [-0.4, -0.2) is 35.8 Å². The van der Waals surface area contributed by atoms with Crippen LogP contribution < -0.4 is 0 Å². The molecule has 0 aromatic heterocycles. The Balaban J connectivity index is 2.17. The van der Waals surface area contributed by atoms with Gasteiger partial charge < -0.3 is 4.79 Å². The lowest BCUT2D eigenvalue weighted by Crippen LogP contribution is -2.32. The third-order valence-electron chi connectivity index (χ3n) is 3.58. The van der Waals surface area contributed by atoms with Gasteiger partial charge in [0, 0.05) is 11.5 Å². The standard InChI is InChI=1S/C12H13N3O2/c1-12(2)3-7(6-16)8-4-13-15-5-9(17)14-11(15)10(8)12/h4,6-7H,3,5H2,1-2H3. The number of aliphatic imine (C=N–C) groups is 1. The highest BCUT2D eigenvalue weighted by atomic mass is 16.2. The van der Waals surface area contributed by atoms with Crippen molar-refractivity contribution in [1.29, 1.82) is 0 Å². The van der Waals surface area contributed by atoms with Gasteiger partial charge in [-0.15, -0.1) is 0 Å². The van der Waals surface area contributed by atoms with Crippen LogP contribution in [0.15, 0.2) is 21.2 Å². The molecule has 0 spiro atoms. The zero-order valence-electron chi connectivity index (χ0n) is 9.80. The molecule has 5 nitrogen and oxygen atoms in total. The van der Waals surface area contributed by atoms with Crippen LogP contribution in [-0.2, 0) is 9.59 Å². The van der Waals surface area contributed by atoms with E-state index in [0.717, 1.165) is 23.9 Å². The van der Waals surface area contributed by atoms with Crippen LogP contribution in [0.3, 0.4) is 0 Å². The van der Waals surface area contributed by atoms with Crippen molar-refractivity contribution in [2.75, 3.05) is 6.54 Å². The molecule has 0 saturated heterocycles. The fourth-order valence-corrected chi connectivity index (χ4v) is 2.88. The summed E-state index contributed by atoms with van der Waals surface area (Å²) in [5.41, 5.74) is 1.81. The number of amides is 1. The first-order valence-corrected chi connectivity index (χ1v) is 5.66. The largest absolute Gasteiger partial charge is 0.303 e. The van der Waals surface area contributed by atoms with Gasteiger partial charge in [0.2, 0.25) is 0 Å². The molecule has 1 unspecified atom stereocenters. The average molecular weight is 231 g/mol. The van der Waals surface area contributed by atoms with Crippen LogP contribution in [0, 0.1) is 11.3 Å². The van der Waals surface area contributed by atoms with Crippen LogP contribution in [0.25, 0.3) is 0 Å². The fraction of sp³-hybridized carbons (Fsp3) is 0.500. The number of hydrogen-bond acceptors (Lipinski definition) is 4. The number of allylic oxidation sites excluding steroid dienone is 1. The molecule has 0 radical (unpaired) electrons. The van der Waals surface area contributed by atoms with E-state index < -0.39 is 0 Å². The summed E-state index contributed by atoms with van der Waals surface area (Å²) in [7, 11) is 0. The highest BCUT2D eigenvalue weighted by Crippen LogP contribution is 2.47.